The highest BCUT2D eigenvalue weighted by Gasteiger charge is 2.07. The fraction of sp³-hybridized carbons (Fsp3) is 0.0769. The van der Waals surface area contributed by atoms with Gasteiger partial charge in [0.05, 0.1) is 11.8 Å². The normalized spacial score (nSPS) is 10.1. The zero-order chi connectivity index (χ0) is 13.0. The van der Waals surface area contributed by atoms with Gasteiger partial charge in [-0.3, -0.25) is 9.78 Å². The van der Waals surface area contributed by atoms with Crippen LogP contribution in [-0.2, 0) is 6.54 Å². The van der Waals surface area contributed by atoms with Gasteiger partial charge in [-0.2, -0.15) is 0 Å². The molecule has 0 saturated carbocycles. The summed E-state index contributed by atoms with van der Waals surface area (Å²) in [5.41, 5.74) is 7.21. The van der Waals surface area contributed by atoms with E-state index in [4.69, 9.17) is 5.73 Å². The zero-order valence-corrected chi connectivity index (χ0v) is 9.56. The van der Waals surface area contributed by atoms with Crippen LogP contribution in [0.3, 0.4) is 0 Å². The van der Waals surface area contributed by atoms with Crippen LogP contribution in [0.15, 0.2) is 42.7 Å². The van der Waals surface area contributed by atoms with Crippen molar-refractivity contribution in [2.75, 3.05) is 5.32 Å². The average molecular weight is 245 g/mol. The summed E-state index contributed by atoms with van der Waals surface area (Å²) < 4.78 is 12.9. The topological polar surface area (TPSA) is 68.0 Å². The van der Waals surface area contributed by atoms with Crippen molar-refractivity contribution in [3.63, 3.8) is 0 Å². The molecule has 4 nitrogen and oxygen atoms in total. The number of nitrogens with zero attached hydrogens (tertiary/aromatic N) is 1. The molecular weight excluding hydrogens is 233 g/mol. The lowest BCUT2D eigenvalue weighted by Crippen LogP contribution is -2.12. The Morgan fingerprint density at radius 1 is 1.33 bits per heavy atom. The Morgan fingerprint density at radius 3 is 2.89 bits per heavy atom. The van der Waals surface area contributed by atoms with Gasteiger partial charge < -0.3 is 11.1 Å². The van der Waals surface area contributed by atoms with Crippen LogP contribution in [0.5, 0.6) is 0 Å². The van der Waals surface area contributed by atoms with Gasteiger partial charge in [-0.05, 0) is 23.8 Å². The fourth-order valence-electron chi connectivity index (χ4n) is 1.52. The molecular formula is C13H12FN3O. The Bertz CT molecular complexity index is 572. The molecule has 92 valence electrons. The predicted molar refractivity (Wildman–Crippen MR) is 66.5 cm³/mol. The molecule has 3 N–H and O–H groups in total. The first-order valence-electron chi connectivity index (χ1n) is 5.40. The second-order valence-corrected chi connectivity index (χ2v) is 3.75. The van der Waals surface area contributed by atoms with Gasteiger partial charge in [0, 0.05) is 18.4 Å². The van der Waals surface area contributed by atoms with Crippen LogP contribution < -0.4 is 11.1 Å². The molecule has 0 aliphatic heterocycles. The van der Waals surface area contributed by atoms with E-state index >= 15 is 0 Å². The second-order valence-electron chi connectivity index (χ2n) is 3.75. The molecule has 0 aliphatic rings. The van der Waals surface area contributed by atoms with Crippen molar-refractivity contribution >= 4 is 11.6 Å². The summed E-state index contributed by atoms with van der Waals surface area (Å²) in [6.45, 7) is 0.394. The number of anilines is 1. The lowest BCUT2D eigenvalue weighted by molar-refractivity contribution is 0.102. The molecule has 1 aromatic carbocycles. The van der Waals surface area contributed by atoms with Gasteiger partial charge in [0.15, 0.2) is 0 Å². The molecule has 1 aromatic heterocycles. The molecule has 0 spiro atoms. The van der Waals surface area contributed by atoms with Gasteiger partial charge >= 0.3 is 0 Å². The van der Waals surface area contributed by atoms with E-state index in [1.54, 1.807) is 18.2 Å². The smallest absolute Gasteiger partial charge is 0.257 e. The number of rotatable bonds is 3. The van der Waals surface area contributed by atoms with Crippen LogP contribution in [0.25, 0.3) is 0 Å². The van der Waals surface area contributed by atoms with E-state index < -0.39 is 11.7 Å². The minimum atomic E-state index is -0.543. The van der Waals surface area contributed by atoms with E-state index in [0.29, 0.717) is 12.2 Å². The number of carbonyl (C=O) groups excluding carboxylic acids is 1. The van der Waals surface area contributed by atoms with Gasteiger partial charge in [0.25, 0.3) is 5.91 Å². The Kier molecular flexibility index (Phi) is 3.64. The molecule has 0 saturated heterocycles. The van der Waals surface area contributed by atoms with Gasteiger partial charge in [-0.25, -0.2) is 4.39 Å². The summed E-state index contributed by atoms with van der Waals surface area (Å²) in [6, 6.07) is 8.30. The minimum Gasteiger partial charge on any atom is -0.326 e. The molecule has 0 aliphatic carbocycles. The molecule has 0 atom stereocenters. The van der Waals surface area contributed by atoms with E-state index in [9.17, 15) is 9.18 Å². The highest BCUT2D eigenvalue weighted by atomic mass is 19.1. The highest BCUT2D eigenvalue weighted by Crippen LogP contribution is 2.12. The van der Waals surface area contributed by atoms with E-state index in [0.717, 1.165) is 17.8 Å². The molecule has 0 unspecified atom stereocenters. The van der Waals surface area contributed by atoms with Crippen LogP contribution in [0.2, 0.25) is 0 Å². The molecule has 2 rings (SSSR count). The summed E-state index contributed by atoms with van der Waals surface area (Å²) in [5.74, 6) is -0.950. The quantitative estimate of drug-likeness (QED) is 0.868. The molecule has 18 heavy (non-hydrogen) atoms. The van der Waals surface area contributed by atoms with Crippen LogP contribution >= 0.6 is 0 Å². The lowest BCUT2D eigenvalue weighted by Gasteiger charge is -2.06. The van der Waals surface area contributed by atoms with Crippen molar-refractivity contribution in [3.05, 3.63) is 59.7 Å². The maximum Gasteiger partial charge on any atom is 0.257 e. The number of amides is 1. The zero-order valence-electron chi connectivity index (χ0n) is 9.56. The van der Waals surface area contributed by atoms with Crippen molar-refractivity contribution in [1.29, 1.82) is 0 Å². The number of carbonyl (C=O) groups is 1. The molecule has 1 heterocycles. The Balaban J connectivity index is 2.16. The van der Waals surface area contributed by atoms with E-state index in [1.165, 1.54) is 6.20 Å². The third kappa shape index (κ3) is 2.89. The van der Waals surface area contributed by atoms with Crippen molar-refractivity contribution in [2.24, 2.45) is 5.73 Å². The summed E-state index contributed by atoms with van der Waals surface area (Å²) in [7, 11) is 0. The molecule has 0 radical (unpaired) electrons. The molecule has 0 fully saturated rings. The third-order valence-electron chi connectivity index (χ3n) is 2.39. The lowest BCUT2D eigenvalue weighted by atomic mass is 10.2. The van der Waals surface area contributed by atoms with Gasteiger partial charge in [-0.1, -0.05) is 12.1 Å². The van der Waals surface area contributed by atoms with Gasteiger partial charge in [-0.15, -0.1) is 0 Å². The number of nitrogens with two attached hydrogens (primary N) is 1. The molecule has 5 heteroatoms. The van der Waals surface area contributed by atoms with Crippen LogP contribution in [0, 0.1) is 5.82 Å². The second kappa shape index (κ2) is 5.37. The SMILES string of the molecule is NCc1cccc(NC(=O)c2cncc(F)c2)c1. The number of hydrogen-bond donors (Lipinski definition) is 2. The fourth-order valence-corrected chi connectivity index (χ4v) is 1.52. The Labute approximate surface area is 104 Å². The van der Waals surface area contributed by atoms with Gasteiger partial charge in [0.2, 0.25) is 0 Å². The number of halogens is 1. The van der Waals surface area contributed by atoms with Crippen LogP contribution in [0.4, 0.5) is 10.1 Å². The summed E-state index contributed by atoms with van der Waals surface area (Å²) >= 11 is 0. The number of pyridine rings is 1. The first-order valence-corrected chi connectivity index (χ1v) is 5.40. The number of hydrogen-bond acceptors (Lipinski definition) is 3. The monoisotopic (exact) mass is 245 g/mol. The maximum absolute atomic E-state index is 12.9. The first kappa shape index (κ1) is 12.2. The number of benzene rings is 1. The number of aromatic nitrogens is 1. The predicted octanol–water partition coefficient (Wildman–Crippen LogP) is 1.93. The summed E-state index contributed by atoms with van der Waals surface area (Å²) in [6.07, 6.45) is 2.36. The first-order chi connectivity index (χ1) is 8.69. The highest BCUT2D eigenvalue weighted by molar-refractivity contribution is 6.04. The largest absolute Gasteiger partial charge is 0.326 e. The molecule has 2 aromatic rings. The number of nitrogens with one attached hydrogen (secondary N) is 1. The van der Waals surface area contributed by atoms with Crippen molar-refractivity contribution in [2.45, 2.75) is 6.54 Å². The van der Waals surface area contributed by atoms with Crippen molar-refractivity contribution < 1.29 is 9.18 Å². The average Bonchev–Trinajstić information content (AvgIpc) is 2.39. The summed E-state index contributed by atoms with van der Waals surface area (Å²) in [5, 5.41) is 2.66. The van der Waals surface area contributed by atoms with E-state index in [-0.39, 0.29) is 5.56 Å². The van der Waals surface area contributed by atoms with Crippen molar-refractivity contribution in [3.8, 4) is 0 Å². The van der Waals surface area contributed by atoms with Crippen LogP contribution in [-0.4, -0.2) is 10.9 Å². The third-order valence-corrected chi connectivity index (χ3v) is 2.39. The minimum absolute atomic E-state index is 0.174. The van der Waals surface area contributed by atoms with E-state index in [1.807, 2.05) is 6.07 Å². The Morgan fingerprint density at radius 2 is 2.17 bits per heavy atom. The summed E-state index contributed by atoms with van der Waals surface area (Å²) in [4.78, 5) is 15.4. The van der Waals surface area contributed by atoms with Gasteiger partial charge in [0.1, 0.15) is 5.82 Å². The maximum atomic E-state index is 12.9. The van der Waals surface area contributed by atoms with E-state index in [2.05, 4.69) is 10.3 Å². The standard InChI is InChI=1S/C13H12FN3O/c14-11-5-10(7-16-8-11)13(18)17-12-3-1-2-9(4-12)6-15/h1-5,7-8H,6,15H2,(H,17,18). The van der Waals surface area contributed by atoms with Crippen LogP contribution in [0.1, 0.15) is 15.9 Å². The Hall–Kier alpha value is -2.27. The van der Waals surface area contributed by atoms with Crippen molar-refractivity contribution in [1.82, 2.24) is 4.98 Å². The molecule has 1 amide bonds. The molecule has 0 bridgehead atoms.